The van der Waals surface area contributed by atoms with Crippen molar-refractivity contribution < 1.29 is 58.2 Å². The van der Waals surface area contributed by atoms with Crippen LogP contribution in [0.3, 0.4) is 0 Å². The van der Waals surface area contributed by atoms with Gasteiger partial charge >= 0.3 is 53.0 Å². The third-order valence-corrected chi connectivity index (χ3v) is 0. The Morgan fingerprint density at radius 3 is 1.09 bits per heavy atom. The maximum atomic E-state index is 8.52. The third kappa shape index (κ3) is 1310. The van der Waals surface area contributed by atoms with Gasteiger partial charge in [-0.3, -0.25) is 8.42 Å². The molecule has 0 fully saturated rings. The Bertz CT molecular complexity index is 161. The van der Waals surface area contributed by atoms with Gasteiger partial charge in [0.15, 0.2) is 0 Å². The molecule has 0 aromatic rings. The zero-order valence-corrected chi connectivity index (χ0v) is 10.5. The van der Waals surface area contributed by atoms with Crippen LogP contribution in [0.25, 0.3) is 0 Å². The van der Waals surface area contributed by atoms with Crippen LogP contribution in [0, 0.1) is 50.9 Å². The molecule has 0 saturated heterocycles. The van der Waals surface area contributed by atoms with Crippen molar-refractivity contribution in [1.29, 1.82) is 0 Å². The Labute approximate surface area is 100 Å². The van der Waals surface area contributed by atoms with Crippen molar-refractivity contribution in [3.63, 3.8) is 0 Å². The maximum Gasteiger partial charge on any atom is 3.00 e. The Balaban J connectivity index is -0.0000000383. The topological polar surface area (TPSA) is 146 Å². The molecular weight excluding hydrogens is 324 g/mol. The van der Waals surface area contributed by atoms with E-state index in [1.54, 1.807) is 0 Å². The molecule has 0 heterocycles. The van der Waals surface area contributed by atoms with Crippen LogP contribution in [0.2, 0.25) is 0 Å². The second kappa shape index (κ2) is 10.8. The van der Waals surface area contributed by atoms with Crippen LogP contribution in [-0.2, 0) is 10.4 Å². The molecule has 0 aliphatic rings. The molecule has 8 nitrogen and oxygen atoms in total. The smallest absolute Gasteiger partial charge is 0.759 e. The van der Waals surface area contributed by atoms with Gasteiger partial charge in [-0.05, 0) is 0 Å². The number of rotatable bonds is 0. The van der Waals surface area contributed by atoms with Gasteiger partial charge in [-0.1, -0.05) is 0 Å². The minimum absolute atomic E-state index is 0. The first-order chi connectivity index (χ1) is 3.73. The third-order valence-electron chi connectivity index (χ3n) is 0. The molecule has 11 heavy (non-hydrogen) atoms. The maximum absolute atomic E-state index is 8.52. The molecule has 0 saturated carbocycles. The van der Waals surface area contributed by atoms with Crippen LogP contribution in [-0.4, -0.2) is 40.0 Å². The molecule has 0 radical (unpaired) electrons. The zero-order chi connectivity index (χ0) is 8.08. The van der Waals surface area contributed by atoms with Crippen molar-refractivity contribution in [3.05, 3.63) is 15.3 Å². The van der Waals surface area contributed by atoms with E-state index in [0.29, 0.717) is 0 Å². The van der Waals surface area contributed by atoms with Crippen molar-refractivity contribution in [1.82, 2.24) is 0 Å². The van der Waals surface area contributed by atoms with E-state index in [0.717, 1.165) is 0 Å². The van der Waals surface area contributed by atoms with Crippen molar-refractivity contribution in [2.45, 2.75) is 0 Å². The van der Waals surface area contributed by atoms with Crippen LogP contribution in [0.1, 0.15) is 0 Å². The molecule has 0 aliphatic heterocycles. The normalized spacial score (nSPS) is 7.45. The van der Waals surface area contributed by atoms with Gasteiger partial charge in [0.25, 0.3) is 0 Å². The molecule has 0 N–H and O–H groups in total. The van der Waals surface area contributed by atoms with Crippen LogP contribution in [0.5, 0.6) is 0 Å². The van der Waals surface area contributed by atoms with Gasteiger partial charge in [0.2, 0.25) is 0 Å². The van der Waals surface area contributed by atoms with Gasteiger partial charge in [-0.15, -0.1) is 0 Å². The fourth-order valence-corrected chi connectivity index (χ4v) is 0. The summed E-state index contributed by atoms with van der Waals surface area (Å²) < 4.78 is 34.1. The van der Waals surface area contributed by atoms with Crippen LogP contribution >= 0.6 is 0 Å². The summed E-state index contributed by atoms with van der Waals surface area (Å²) in [7, 11) is -5.17. The Morgan fingerprint density at radius 1 is 1.09 bits per heavy atom. The van der Waals surface area contributed by atoms with E-state index < -0.39 is 15.5 Å². The number of nitrogens with zero attached hydrogens (tertiary/aromatic N) is 1. The molecule has 56 valence electrons. The molecule has 11 heteroatoms. The van der Waals surface area contributed by atoms with Gasteiger partial charge in [-0.25, -0.2) is 0 Å². The fourth-order valence-electron chi connectivity index (χ4n) is 0. The standard InChI is InChI=1S/Al.La.NO3.H2O4S/c;;2-1(3)4;1-5(2,3)4/h;;;(H2,1,2,3,4)/q2*+3;-1;/p-2. The van der Waals surface area contributed by atoms with Crippen molar-refractivity contribution >= 4 is 27.8 Å². The Hall–Kier alpha value is 0.797. The molecule has 0 aliphatic carbocycles. The van der Waals surface area contributed by atoms with Crippen molar-refractivity contribution in [2.75, 3.05) is 0 Å². The second-order valence-electron chi connectivity index (χ2n) is 0.632. The molecule has 0 aromatic heterocycles. The van der Waals surface area contributed by atoms with Crippen molar-refractivity contribution in [2.24, 2.45) is 0 Å². The molecule has 0 spiro atoms. The molecular formula is AlLaNO7S+3. The van der Waals surface area contributed by atoms with Crippen LogP contribution in [0.15, 0.2) is 0 Å². The summed E-state index contributed by atoms with van der Waals surface area (Å²) in [5.74, 6) is 0. The van der Waals surface area contributed by atoms with Crippen molar-refractivity contribution in [3.8, 4) is 0 Å². The summed E-state index contributed by atoms with van der Waals surface area (Å²) in [6, 6.07) is 0. The van der Waals surface area contributed by atoms with Crippen LogP contribution in [0.4, 0.5) is 0 Å². The minimum atomic E-state index is -5.17. The predicted octanol–water partition coefficient (Wildman–Crippen LogP) is -1.96. The second-order valence-corrected chi connectivity index (χ2v) is 1.45. The van der Waals surface area contributed by atoms with E-state index >= 15 is 0 Å². The van der Waals surface area contributed by atoms with E-state index in [2.05, 4.69) is 0 Å². The van der Waals surface area contributed by atoms with Crippen LogP contribution < -0.4 is 0 Å². The zero-order valence-electron chi connectivity index (χ0n) is 4.87. The largest absolute Gasteiger partial charge is 3.00 e. The minimum Gasteiger partial charge on any atom is -0.759 e. The molecule has 0 amide bonds. The SMILES string of the molecule is O=S(=O)([O-])[O-].O=[N+]([O-])[O-].[Al+3].[La+3]. The predicted molar refractivity (Wildman–Crippen MR) is 26.6 cm³/mol. The average molecular weight is 324 g/mol. The number of hydrogen-bond acceptors (Lipinski definition) is 7. The van der Waals surface area contributed by atoms with Gasteiger partial charge in [-0.2, -0.15) is 0 Å². The van der Waals surface area contributed by atoms with E-state index in [9.17, 15) is 0 Å². The molecule has 0 atom stereocenters. The van der Waals surface area contributed by atoms with E-state index in [-0.39, 0.29) is 53.0 Å². The first-order valence-corrected chi connectivity index (χ1v) is 2.55. The quantitative estimate of drug-likeness (QED) is 0.165. The Kier molecular flexibility index (Phi) is 22.2. The summed E-state index contributed by atoms with van der Waals surface area (Å²) >= 11 is 0. The summed E-state index contributed by atoms with van der Waals surface area (Å²) in [6.07, 6.45) is 0. The Morgan fingerprint density at radius 2 is 1.09 bits per heavy atom. The molecule has 0 aromatic carbocycles. The monoisotopic (exact) mass is 324 g/mol. The van der Waals surface area contributed by atoms with Gasteiger partial charge < -0.3 is 24.4 Å². The van der Waals surface area contributed by atoms with E-state index in [4.69, 9.17) is 32.8 Å². The average Bonchev–Trinajstić information content (AvgIpc) is 1.19. The first kappa shape index (κ1) is 22.6. The molecule has 0 unspecified atom stereocenters. The number of hydrogen-bond donors (Lipinski definition) is 0. The summed E-state index contributed by atoms with van der Waals surface area (Å²) in [4.78, 5) is 8.25. The molecule has 0 rings (SSSR count). The summed E-state index contributed by atoms with van der Waals surface area (Å²) in [6.45, 7) is 0. The first-order valence-electron chi connectivity index (χ1n) is 1.21. The van der Waals surface area contributed by atoms with E-state index in [1.807, 2.05) is 0 Å². The van der Waals surface area contributed by atoms with Gasteiger partial charge in [0.1, 0.15) is 0 Å². The van der Waals surface area contributed by atoms with E-state index in [1.165, 1.54) is 0 Å². The van der Waals surface area contributed by atoms with Gasteiger partial charge in [0, 0.05) is 10.4 Å². The fraction of sp³-hybridized carbons (Fsp3) is 0. The summed E-state index contributed by atoms with van der Waals surface area (Å²) in [5.41, 5.74) is 0. The summed E-state index contributed by atoms with van der Waals surface area (Å²) in [5, 5.41) is 14.8. The van der Waals surface area contributed by atoms with Gasteiger partial charge in [0.05, 0.1) is 5.09 Å². The molecule has 0 bridgehead atoms.